The van der Waals surface area contributed by atoms with Crippen LogP contribution in [0.15, 0.2) is 53.5 Å². The van der Waals surface area contributed by atoms with Gasteiger partial charge in [-0.2, -0.15) is 0 Å². The van der Waals surface area contributed by atoms with Gasteiger partial charge in [0.15, 0.2) is 5.96 Å². The van der Waals surface area contributed by atoms with Gasteiger partial charge in [-0.25, -0.2) is 9.98 Å². The molecule has 0 aliphatic rings. The molecule has 2 N–H and O–H groups in total. The van der Waals surface area contributed by atoms with Crippen molar-refractivity contribution < 1.29 is 4.74 Å². The highest BCUT2D eigenvalue weighted by Crippen LogP contribution is 2.15. The zero-order valence-corrected chi connectivity index (χ0v) is 16.9. The number of nitrogens with zero attached hydrogens (tertiary/aromatic N) is 3. The van der Waals surface area contributed by atoms with E-state index in [9.17, 15) is 0 Å². The number of ether oxygens (including phenoxy) is 1. The van der Waals surface area contributed by atoms with E-state index in [-0.39, 0.29) is 0 Å². The summed E-state index contributed by atoms with van der Waals surface area (Å²) in [6.07, 6.45) is 0.994. The third kappa shape index (κ3) is 5.03. The highest BCUT2D eigenvalue weighted by molar-refractivity contribution is 5.79. The molecule has 1 aromatic heterocycles. The van der Waals surface area contributed by atoms with Crippen molar-refractivity contribution >= 4 is 17.0 Å². The number of nitrogens with one attached hydrogen (secondary N) is 2. The maximum atomic E-state index is 5.20. The third-order valence-corrected chi connectivity index (χ3v) is 4.62. The van der Waals surface area contributed by atoms with Crippen LogP contribution in [0.4, 0.5) is 0 Å². The summed E-state index contributed by atoms with van der Waals surface area (Å²) in [5.74, 6) is 2.76. The molecule has 3 aromatic rings. The number of benzene rings is 2. The molecule has 1 heterocycles. The average molecular weight is 380 g/mol. The number of aliphatic imine (C=N–C) groups is 1. The Balaban J connectivity index is 1.53. The maximum Gasteiger partial charge on any atom is 0.191 e. The number of methoxy groups -OCH3 is 1. The second-order valence-corrected chi connectivity index (χ2v) is 6.62. The van der Waals surface area contributed by atoms with E-state index < -0.39 is 0 Å². The first-order valence-corrected chi connectivity index (χ1v) is 9.78. The SMILES string of the molecule is CCNC(=NCc1ccc(OC)cc1)NCCCn1c(C)nc2ccccc21. The van der Waals surface area contributed by atoms with E-state index in [4.69, 9.17) is 4.74 Å². The Bertz CT molecular complexity index is 914. The van der Waals surface area contributed by atoms with Crippen LogP contribution in [0.25, 0.3) is 11.0 Å². The minimum atomic E-state index is 0.630. The molecule has 0 atom stereocenters. The van der Waals surface area contributed by atoms with Crippen molar-refractivity contribution in [1.29, 1.82) is 0 Å². The fraction of sp³-hybridized carbons (Fsp3) is 0.364. The summed E-state index contributed by atoms with van der Waals surface area (Å²) in [7, 11) is 1.68. The van der Waals surface area contributed by atoms with E-state index in [0.29, 0.717) is 6.54 Å². The van der Waals surface area contributed by atoms with Crippen molar-refractivity contribution in [2.75, 3.05) is 20.2 Å². The van der Waals surface area contributed by atoms with Crippen molar-refractivity contribution in [3.05, 3.63) is 59.9 Å². The fourth-order valence-electron chi connectivity index (χ4n) is 3.17. The van der Waals surface area contributed by atoms with Gasteiger partial charge in [-0.05, 0) is 50.1 Å². The number of fused-ring (bicyclic) bond motifs is 1. The lowest BCUT2D eigenvalue weighted by molar-refractivity contribution is 0.414. The number of rotatable bonds is 8. The van der Waals surface area contributed by atoms with Gasteiger partial charge in [-0.3, -0.25) is 0 Å². The summed E-state index contributed by atoms with van der Waals surface area (Å²) >= 11 is 0. The van der Waals surface area contributed by atoms with E-state index in [1.54, 1.807) is 7.11 Å². The van der Waals surface area contributed by atoms with Gasteiger partial charge in [0, 0.05) is 19.6 Å². The summed E-state index contributed by atoms with van der Waals surface area (Å²) < 4.78 is 7.47. The smallest absolute Gasteiger partial charge is 0.191 e. The Kier molecular flexibility index (Phi) is 6.89. The summed E-state index contributed by atoms with van der Waals surface area (Å²) in [5, 5.41) is 6.73. The fourth-order valence-corrected chi connectivity index (χ4v) is 3.17. The van der Waals surface area contributed by atoms with Crippen molar-refractivity contribution in [2.24, 2.45) is 4.99 Å². The molecule has 0 fully saturated rings. The molecule has 0 unspecified atom stereocenters. The summed E-state index contributed by atoms with van der Waals surface area (Å²) in [5.41, 5.74) is 3.40. The van der Waals surface area contributed by atoms with E-state index in [1.165, 1.54) is 5.52 Å². The van der Waals surface area contributed by atoms with Gasteiger partial charge in [0.05, 0.1) is 24.7 Å². The highest BCUT2D eigenvalue weighted by atomic mass is 16.5. The zero-order valence-electron chi connectivity index (χ0n) is 16.9. The number of imidazole rings is 1. The van der Waals surface area contributed by atoms with Crippen LogP contribution in [-0.4, -0.2) is 35.7 Å². The molecule has 6 nitrogen and oxygen atoms in total. The largest absolute Gasteiger partial charge is 0.497 e. The quantitative estimate of drug-likeness (QED) is 0.357. The van der Waals surface area contributed by atoms with Crippen LogP contribution in [0, 0.1) is 6.92 Å². The lowest BCUT2D eigenvalue weighted by Gasteiger charge is -2.12. The van der Waals surface area contributed by atoms with Crippen molar-refractivity contribution in [2.45, 2.75) is 33.4 Å². The number of guanidine groups is 1. The van der Waals surface area contributed by atoms with E-state index in [2.05, 4.69) is 57.2 Å². The lowest BCUT2D eigenvalue weighted by Crippen LogP contribution is -2.38. The first-order chi connectivity index (χ1) is 13.7. The first-order valence-electron chi connectivity index (χ1n) is 9.78. The van der Waals surface area contributed by atoms with Crippen LogP contribution in [0.1, 0.15) is 24.7 Å². The molecule has 3 rings (SSSR count). The monoisotopic (exact) mass is 379 g/mol. The number of aryl methyl sites for hydroxylation is 2. The van der Waals surface area contributed by atoms with Gasteiger partial charge in [0.25, 0.3) is 0 Å². The van der Waals surface area contributed by atoms with Crippen molar-refractivity contribution in [1.82, 2.24) is 20.2 Å². The van der Waals surface area contributed by atoms with Crippen LogP contribution in [0.3, 0.4) is 0 Å². The molecule has 2 aromatic carbocycles. The van der Waals surface area contributed by atoms with Gasteiger partial charge >= 0.3 is 0 Å². The molecular formula is C22H29N5O. The van der Waals surface area contributed by atoms with Crippen LogP contribution in [0.5, 0.6) is 5.75 Å². The highest BCUT2D eigenvalue weighted by Gasteiger charge is 2.06. The normalized spacial score (nSPS) is 11.6. The molecule has 0 radical (unpaired) electrons. The Labute approximate surface area is 166 Å². The molecule has 0 saturated carbocycles. The van der Waals surface area contributed by atoms with E-state index in [1.807, 2.05) is 30.3 Å². The number of hydrogen-bond donors (Lipinski definition) is 2. The molecule has 0 aliphatic heterocycles. The minimum Gasteiger partial charge on any atom is -0.497 e. The van der Waals surface area contributed by atoms with Gasteiger partial charge in [-0.15, -0.1) is 0 Å². The van der Waals surface area contributed by atoms with Crippen molar-refractivity contribution in [3.63, 3.8) is 0 Å². The molecule has 0 bridgehead atoms. The molecule has 6 heteroatoms. The summed E-state index contributed by atoms with van der Waals surface area (Å²) in [6, 6.07) is 16.3. The Hall–Kier alpha value is -3.02. The molecule has 0 spiro atoms. The molecule has 0 amide bonds. The number of aromatic nitrogens is 2. The van der Waals surface area contributed by atoms with Crippen LogP contribution >= 0.6 is 0 Å². The predicted octanol–water partition coefficient (Wildman–Crippen LogP) is 3.50. The molecular weight excluding hydrogens is 350 g/mol. The van der Waals surface area contributed by atoms with Crippen LogP contribution in [-0.2, 0) is 13.1 Å². The van der Waals surface area contributed by atoms with E-state index >= 15 is 0 Å². The minimum absolute atomic E-state index is 0.630. The molecule has 28 heavy (non-hydrogen) atoms. The second-order valence-electron chi connectivity index (χ2n) is 6.62. The Morgan fingerprint density at radius 1 is 1.11 bits per heavy atom. The Morgan fingerprint density at radius 3 is 2.64 bits per heavy atom. The zero-order chi connectivity index (χ0) is 19.8. The first kappa shape index (κ1) is 19.7. The van der Waals surface area contributed by atoms with E-state index in [0.717, 1.165) is 54.7 Å². The maximum absolute atomic E-state index is 5.20. The third-order valence-electron chi connectivity index (χ3n) is 4.62. The topological polar surface area (TPSA) is 63.5 Å². The summed E-state index contributed by atoms with van der Waals surface area (Å²) in [6.45, 7) is 7.38. The summed E-state index contributed by atoms with van der Waals surface area (Å²) in [4.78, 5) is 9.30. The van der Waals surface area contributed by atoms with Gasteiger partial charge in [0.1, 0.15) is 11.6 Å². The number of hydrogen-bond acceptors (Lipinski definition) is 3. The van der Waals surface area contributed by atoms with Gasteiger partial charge < -0.3 is 19.9 Å². The van der Waals surface area contributed by atoms with Gasteiger partial charge in [0.2, 0.25) is 0 Å². The predicted molar refractivity (Wildman–Crippen MR) is 115 cm³/mol. The molecule has 148 valence electrons. The Morgan fingerprint density at radius 2 is 1.89 bits per heavy atom. The molecule has 0 saturated heterocycles. The second kappa shape index (κ2) is 9.78. The van der Waals surface area contributed by atoms with Crippen LogP contribution < -0.4 is 15.4 Å². The van der Waals surface area contributed by atoms with Crippen LogP contribution in [0.2, 0.25) is 0 Å². The number of para-hydroxylation sites is 2. The standard InChI is InChI=1S/C22H29N5O/c1-4-23-22(25-16-18-10-12-19(28-3)13-11-18)24-14-7-15-27-17(2)26-20-8-5-6-9-21(20)27/h5-6,8-13H,4,7,14-16H2,1-3H3,(H2,23,24,25). The molecule has 0 aliphatic carbocycles. The average Bonchev–Trinajstić information content (AvgIpc) is 3.04. The van der Waals surface area contributed by atoms with Gasteiger partial charge in [-0.1, -0.05) is 24.3 Å². The van der Waals surface area contributed by atoms with Crippen molar-refractivity contribution in [3.8, 4) is 5.75 Å². The lowest BCUT2D eigenvalue weighted by atomic mass is 10.2.